The smallest absolute Gasteiger partial charge is 0.252 e. The van der Waals surface area contributed by atoms with Crippen LogP contribution in [0.15, 0.2) is 50.0 Å². The summed E-state index contributed by atoms with van der Waals surface area (Å²) < 4.78 is 68.0. The van der Waals surface area contributed by atoms with Gasteiger partial charge in [0, 0.05) is 0 Å². The topological polar surface area (TPSA) is 72.3 Å². The Morgan fingerprint density at radius 1 is 0.853 bits per heavy atom. The minimum Gasteiger partial charge on any atom is -0.292 e. The SMILES string of the molecule is CC(F)(F)CC(=N[S@](=O)C(C)(C)C)c1cccc(Br)n1.CC(F)(F)CC(=O)c1cccc(Br)n1. The van der Waals surface area contributed by atoms with Gasteiger partial charge in [0.2, 0.25) is 0 Å². The summed E-state index contributed by atoms with van der Waals surface area (Å²) in [6, 6.07) is 9.56. The number of ketones is 1. The Bertz CT molecular complexity index is 1050. The van der Waals surface area contributed by atoms with E-state index in [1.807, 2.05) is 0 Å². The first-order valence-corrected chi connectivity index (χ1v) is 12.6. The molecular weight excluding hydrogens is 606 g/mol. The van der Waals surface area contributed by atoms with E-state index in [0.717, 1.165) is 6.92 Å². The predicted molar refractivity (Wildman–Crippen MR) is 133 cm³/mol. The van der Waals surface area contributed by atoms with E-state index in [-0.39, 0.29) is 11.4 Å². The summed E-state index contributed by atoms with van der Waals surface area (Å²) in [6.45, 7) is 6.73. The molecule has 12 heteroatoms. The molecule has 0 saturated carbocycles. The van der Waals surface area contributed by atoms with Crippen molar-refractivity contribution in [3.8, 4) is 0 Å². The highest BCUT2D eigenvalue weighted by Gasteiger charge is 2.28. The largest absolute Gasteiger partial charge is 0.292 e. The number of hydrogen-bond donors (Lipinski definition) is 0. The van der Waals surface area contributed by atoms with Crippen LogP contribution in [0.5, 0.6) is 0 Å². The first-order valence-electron chi connectivity index (χ1n) is 9.91. The number of carbonyl (C=O) groups is 1. The number of pyridine rings is 2. The van der Waals surface area contributed by atoms with Gasteiger partial charge in [-0.05, 0) is 90.7 Å². The minimum atomic E-state index is -2.99. The lowest BCUT2D eigenvalue weighted by molar-refractivity contribution is 0.0153. The zero-order valence-electron chi connectivity index (χ0n) is 19.2. The van der Waals surface area contributed by atoms with E-state index in [0.29, 0.717) is 21.8 Å². The second-order valence-corrected chi connectivity index (χ2v) is 12.0. The van der Waals surface area contributed by atoms with E-state index in [1.165, 1.54) is 6.07 Å². The van der Waals surface area contributed by atoms with Crippen molar-refractivity contribution in [3.63, 3.8) is 0 Å². The van der Waals surface area contributed by atoms with E-state index in [9.17, 15) is 26.6 Å². The molecule has 0 aliphatic heterocycles. The van der Waals surface area contributed by atoms with Gasteiger partial charge in [-0.2, -0.15) is 4.40 Å². The molecule has 0 unspecified atom stereocenters. The van der Waals surface area contributed by atoms with Crippen LogP contribution in [-0.4, -0.2) is 42.3 Å². The van der Waals surface area contributed by atoms with Crippen molar-refractivity contribution in [2.75, 3.05) is 0 Å². The van der Waals surface area contributed by atoms with Crippen molar-refractivity contribution in [2.24, 2.45) is 4.40 Å². The van der Waals surface area contributed by atoms with Gasteiger partial charge >= 0.3 is 0 Å². The highest BCUT2D eigenvalue weighted by atomic mass is 79.9. The van der Waals surface area contributed by atoms with Gasteiger partial charge in [0.15, 0.2) is 5.78 Å². The monoisotopic (exact) mass is 629 g/mol. The van der Waals surface area contributed by atoms with Crippen LogP contribution in [-0.2, 0) is 11.0 Å². The molecule has 5 nitrogen and oxygen atoms in total. The summed E-state index contributed by atoms with van der Waals surface area (Å²) in [6.07, 6.45) is -1.41. The van der Waals surface area contributed by atoms with Crippen LogP contribution in [0, 0.1) is 0 Å². The average molecular weight is 631 g/mol. The quantitative estimate of drug-likeness (QED) is 0.140. The Kier molecular flexibility index (Phi) is 11.2. The molecule has 188 valence electrons. The van der Waals surface area contributed by atoms with Gasteiger partial charge in [-0.15, -0.1) is 0 Å². The molecule has 2 aromatic rings. The lowest BCUT2D eigenvalue weighted by atomic mass is 10.1. The van der Waals surface area contributed by atoms with Crippen molar-refractivity contribution >= 4 is 54.3 Å². The average Bonchev–Trinajstić information content (AvgIpc) is 2.65. The van der Waals surface area contributed by atoms with Gasteiger partial charge < -0.3 is 0 Å². The Morgan fingerprint density at radius 2 is 1.29 bits per heavy atom. The summed E-state index contributed by atoms with van der Waals surface area (Å²) in [5.74, 6) is -6.58. The van der Waals surface area contributed by atoms with Crippen molar-refractivity contribution in [3.05, 3.63) is 57.0 Å². The number of rotatable bonds is 7. The summed E-state index contributed by atoms with van der Waals surface area (Å²) in [5.41, 5.74) is 0.409. The van der Waals surface area contributed by atoms with Crippen molar-refractivity contribution in [2.45, 2.75) is 64.1 Å². The molecule has 0 saturated heterocycles. The molecule has 2 aromatic heterocycles. The van der Waals surface area contributed by atoms with Gasteiger partial charge in [-0.3, -0.25) is 4.79 Å². The maximum absolute atomic E-state index is 13.3. The number of halogens is 6. The summed E-state index contributed by atoms with van der Waals surface area (Å²) in [5, 5.41) is 0. The fraction of sp³-hybridized carbons (Fsp3) is 0.455. The van der Waals surface area contributed by atoms with Crippen LogP contribution < -0.4 is 0 Å². The molecule has 0 aliphatic rings. The summed E-state index contributed by atoms with van der Waals surface area (Å²) >= 11 is 6.25. The Hall–Kier alpha value is -1.53. The maximum atomic E-state index is 13.3. The second kappa shape index (κ2) is 12.4. The third-order valence-corrected chi connectivity index (χ3v) is 5.99. The molecule has 0 bridgehead atoms. The van der Waals surface area contributed by atoms with Crippen LogP contribution in [0.1, 0.15) is 63.6 Å². The zero-order valence-corrected chi connectivity index (χ0v) is 23.2. The molecule has 34 heavy (non-hydrogen) atoms. The van der Waals surface area contributed by atoms with Crippen LogP contribution >= 0.6 is 31.9 Å². The molecule has 0 aliphatic carbocycles. The third-order valence-electron chi connectivity index (χ3n) is 3.68. The van der Waals surface area contributed by atoms with Gasteiger partial charge in [0.25, 0.3) is 11.8 Å². The highest BCUT2D eigenvalue weighted by Crippen LogP contribution is 2.23. The zero-order chi connectivity index (χ0) is 26.3. The molecule has 0 amide bonds. The Balaban J connectivity index is 0.000000362. The van der Waals surface area contributed by atoms with E-state index >= 15 is 0 Å². The molecule has 0 radical (unpaired) electrons. The number of nitrogens with zero attached hydrogens (tertiary/aromatic N) is 3. The molecule has 2 rings (SSSR count). The standard InChI is InChI=1S/C13H17BrF2N2OS.C9H8BrF2NO/c1-12(2,3)20(19)18-10(8-13(4,15)16)9-6-5-7-11(14)17-9;1-9(11,12)5-7(14)6-3-2-4-8(10)13-6/h5-7H,8H2,1-4H3;2-4H,5H2,1H3/t20-;/m1./s1. The van der Waals surface area contributed by atoms with Crippen LogP contribution in [0.2, 0.25) is 0 Å². The van der Waals surface area contributed by atoms with Crippen molar-refractivity contribution < 1.29 is 26.6 Å². The maximum Gasteiger partial charge on any atom is 0.252 e. The number of alkyl halides is 4. The van der Waals surface area contributed by atoms with Gasteiger partial charge in [0.1, 0.15) is 25.9 Å². The Morgan fingerprint density at radius 3 is 1.71 bits per heavy atom. The van der Waals surface area contributed by atoms with Crippen LogP contribution in [0.4, 0.5) is 17.6 Å². The van der Waals surface area contributed by atoms with E-state index in [1.54, 1.807) is 51.1 Å². The van der Waals surface area contributed by atoms with E-state index in [2.05, 4.69) is 46.2 Å². The van der Waals surface area contributed by atoms with E-state index < -0.39 is 46.2 Å². The number of aromatic nitrogens is 2. The first-order chi connectivity index (χ1) is 15.4. The molecular formula is C22H25Br2F4N3O2S. The summed E-state index contributed by atoms with van der Waals surface area (Å²) in [7, 11) is -1.61. The number of Topliss-reactive ketones (excluding diaryl/α,β-unsaturated/α-hetero) is 1. The molecule has 0 spiro atoms. The van der Waals surface area contributed by atoms with Gasteiger partial charge in [-0.25, -0.2) is 31.7 Å². The lowest BCUT2D eigenvalue weighted by Gasteiger charge is -2.17. The predicted octanol–water partition coefficient (Wildman–Crippen LogP) is 7.21. The van der Waals surface area contributed by atoms with E-state index in [4.69, 9.17) is 0 Å². The third kappa shape index (κ3) is 12.3. The van der Waals surface area contributed by atoms with Gasteiger partial charge in [-0.1, -0.05) is 12.1 Å². The lowest BCUT2D eigenvalue weighted by Crippen LogP contribution is -2.24. The fourth-order valence-electron chi connectivity index (χ4n) is 2.21. The molecule has 0 N–H and O–H groups in total. The second-order valence-electron chi connectivity index (χ2n) is 8.51. The van der Waals surface area contributed by atoms with Crippen molar-refractivity contribution in [1.29, 1.82) is 0 Å². The van der Waals surface area contributed by atoms with Crippen LogP contribution in [0.3, 0.4) is 0 Å². The Labute approximate surface area is 215 Å². The number of hydrogen-bond acceptors (Lipinski definition) is 4. The molecule has 0 fully saturated rings. The highest BCUT2D eigenvalue weighted by molar-refractivity contribution is 9.10. The van der Waals surface area contributed by atoms with Gasteiger partial charge in [0.05, 0.1) is 29.0 Å². The van der Waals surface area contributed by atoms with Crippen molar-refractivity contribution in [1.82, 2.24) is 9.97 Å². The minimum absolute atomic E-state index is 0.0482. The summed E-state index contributed by atoms with van der Waals surface area (Å²) in [4.78, 5) is 19.2. The first kappa shape index (κ1) is 30.5. The van der Waals surface area contributed by atoms with Crippen LogP contribution in [0.25, 0.3) is 0 Å². The molecule has 1 atom stereocenters. The molecule has 2 heterocycles. The normalized spacial score (nSPS) is 13.7. The fourth-order valence-corrected chi connectivity index (χ4v) is 3.53. The number of carbonyl (C=O) groups excluding carboxylic acids is 1. The molecule has 0 aromatic carbocycles.